The summed E-state index contributed by atoms with van der Waals surface area (Å²) in [4.78, 5) is 10.9. The van der Waals surface area contributed by atoms with Crippen LogP contribution < -0.4 is 20.5 Å². The van der Waals surface area contributed by atoms with E-state index in [2.05, 4.69) is 5.32 Å². The summed E-state index contributed by atoms with van der Waals surface area (Å²) in [5, 5.41) is 4.04. The Balaban J connectivity index is 2.08. The number of benzene rings is 2. The number of nitrogens with two attached hydrogens (primary N) is 1. The number of aryl methyl sites for hydroxylation is 1. The summed E-state index contributed by atoms with van der Waals surface area (Å²) in [6.07, 6.45) is 0. The quantitative estimate of drug-likeness (QED) is 0.765. The van der Waals surface area contributed by atoms with Gasteiger partial charge in [0.25, 0.3) is 5.91 Å². The lowest BCUT2D eigenvalue weighted by atomic mass is 10.2. The van der Waals surface area contributed by atoms with Crippen LogP contribution in [-0.2, 0) is 11.3 Å². The van der Waals surface area contributed by atoms with E-state index in [4.69, 9.17) is 26.8 Å². The van der Waals surface area contributed by atoms with Crippen LogP contribution in [0.5, 0.6) is 11.5 Å². The molecule has 0 saturated carbocycles. The number of nitrogens with one attached hydrogen (secondary N) is 1. The average Bonchev–Trinajstić information content (AvgIpc) is 2.55. The third-order valence-corrected chi connectivity index (χ3v) is 3.75. The number of anilines is 1. The SMILES string of the molecule is CCOc1cc(CNc2ccc(C)c(Cl)c2)ccc1OCC(N)=O. The fraction of sp³-hybridized carbons (Fsp3) is 0.278. The van der Waals surface area contributed by atoms with Crippen molar-refractivity contribution in [2.75, 3.05) is 18.5 Å². The minimum atomic E-state index is -0.528. The predicted molar refractivity (Wildman–Crippen MR) is 95.8 cm³/mol. The lowest BCUT2D eigenvalue weighted by Gasteiger charge is -2.13. The van der Waals surface area contributed by atoms with Gasteiger partial charge in [0.1, 0.15) is 0 Å². The number of rotatable bonds is 8. The van der Waals surface area contributed by atoms with E-state index in [1.165, 1.54) is 0 Å². The van der Waals surface area contributed by atoms with Gasteiger partial charge in [0.15, 0.2) is 18.1 Å². The molecule has 0 aliphatic heterocycles. The zero-order chi connectivity index (χ0) is 17.5. The van der Waals surface area contributed by atoms with Crippen LogP contribution in [0.4, 0.5) is 5.69 Å². The Kier molecular flexibility index (Phi) is 6.32. The number of halogens is 1. The Labute approximate surface area is 146 Å². The smallest absolute Gasteiger partial charge is 0.255 e. The monoisotopic (exact) mass is 348 g/mol. The van der Waals surface area contributed by atoms with Gasteiger partial charge in [-0.15, -0.1) is 0 Å². The highest BCUT2D eigenvalue weighted by Crippen LogP contribution is 2.29. The molecule has 0 fully saturated rings. The summed E-state index contributed by atoms with van der Waals surface area (Å²) in [5.41, 5.74) is 8.10. The van der Waals surface area contributed by atoms with Gasteiger partial charge in [-0.1, -0.05) is 23.7 Å². The lowest BCUT2D eigenvalue weighted by Crippen LogP contribution is -2.20. The molecule has 1 amide bonds. The first-order valence-corrected chi connectivity index (χ1v) is 8.04. The van der Waals surface area contributed by atoms with E-state index in [9.17, 15) is 4.79 Å². The minimum Gasteiger partial charge on any atom is -0.490 e. The number of ether oxygens (including phenoxy) is 2. The highest BCUT2D eigenvalue weighted by molar-refractivity contribution is 6.31. The van der Waals surface area contributed by atoms with Gasteiger partial charge in [-0.05, 0) is 49.2 Å². The van der Waals surface area contributed by atoms with Crippen molar-refractivity contribution in [1.82, 2.24) is 0 Å². The molecule has 0 saturated heterocycles. The molecule has 0 unspecified atom stereocenters. The summed E-state index contributed by atoms with van der Waals surface area (Å²) < 4.78 is 10.9. The van der Waals surface area contributed by atoms with Gasteiger partial charge in [0.2, 0.25) is 0 Å². The first kappa shape index (κ1) is 17.9. The van der Waals surface area contributed by atoms with E-state index in [-0.39, 0.29) is 6.61 Å². The number of carbonyl (C=O) groups excluding carboxylic acids is 1. The maximum atomic E-state index is 10.9. The number of hydrogen-bond acceptors (Lipinski definition) is 4. The molecular formula is C18H21ClN2O3. The van der Waals surface area contributed by atoms with E-state index in [0.29, 0.717) is 24.7 Å². The molecule has 128 valence electrons. The predicted octanol–water partition coefficient (Wildman–Crippen LogP) is 3.52. The Morgan fingerprint density at radius 3 is 2.62 bits per heavy atom. The van der Waals surface area contributed by atoms with Crippen molar-refractivity contribution in [3.05, 3.63) is 52.5 Å². The van der Waals surface area contributed by atoms with Crippen LogP contribution in [0.1, 0.15) is 18.1 Å². The molecule has 0 aliphatic carbocycles. The summed E-state index contributed by atoms with van der Waals surface area (Å²) >= 11 is 6.13. The largest absolute Gasteiger partial charge is 0.490 e. The molecule has 0 atom stereocenters. The summed E-state index contributed by atoms with van der Waals surface area (Å²) in [5.74, 6) is 0.553. The molecule has 6 heteroatoms. The Morgan fingerprint density at radius 2 is 1.96 bits per heavy atom. The molecule has 2 aromatic carbocycles. The molecule has 5 nitrogen and oxygen atoms in total. The van der Waals surface area contributed by atoms with Crippen LogP contribution in [0, 0.1) is 6.92 Å². The third-order valence-electron chi connectivity index (χ3n) is 3.35. The van der Waals surface area contributed by atoms with E-state index < -0.39 is 5.91 Å². The number of primary amides is 1. The molecule has 0 aromatic heterocycles. The molecule has 24 heavy (non-hydrogen) atoms. The number of carbonyl (C=O) groups is 1. The zero-order valence-corrected chi connectivity index (χ0v) is 14.5. The van der Waals surface area contributed by atoms with Crippen molar-refractivity contribution in [1.29, 1.82) is 0 Å². The van der Waals surface area contributed by atoms with Crippen molar-refractivity contribution < 1.29 is 14.3 Å². The Bertz CT molecular complexity index is 719. The van der Waals surface area contributed by atoms with E-state index in [1.807, 2.05) is 44.2 Å². The average molecular weight is 349 g/mol. The summed E-state index contributed by atoms with van der Waals surface area (Å²) in [7, 11) is 0. The Morgan fingerprint density at radius 1 is 1.17 bits per heavy atom. The van der Waals surface area contributed by atoms with Crippen molar-refractivity contribution in [2.45, 2.75) is 20.4 Å². The van der Waals surface area contributed by atoms with Crippen LogP contribution in [0.3, 0.4) is 0 Å². The first-order chi connectivity index (χ1) is 11.5. The second-order valence-corrected chi connectivity index (χ2v) is 5.69. The summed E-state index contributed by atoms with van der Waals surface area (Å²) in [6.45, 7) is 4.77. The van der Waals surface area contributed by atoms with E-state index >= 15 is 0 Å². The highest BCUT2D eigenvalue weighted by Gasteiger charge is 2.08. The van der Waals surface area contributed by atoms with Crippen LogP contribution in [0.2, 0.25) is 5.02 Å². The maximum absolute atomic E-state index is 10.9. The third kappa shape index (κ3) is 5.06. The molecule has 0 heterocycles. The van der Waals surface area contributed by atoms with Crippen LogP contribution in [-0.4, -0.2) is 19.1 Å². The van der Waals surface area contributed by atoms with Crippen LogP contribution >= 0.6 is 11.6 Å². The van der Waals surface area contributed by atoms with Gasteiger partial charge >= 0.3 is 0 Å². The van der Waals surface area contributed by atoms with Gasteiger partial charge in [0, 0.05) is 17.3 Å². The van der Waals surface area contributed by atoms with Gasteiger partial charge in [-0.25, -0.2) is 0 Å². The molecule has 0 bridgehead atoms. The molecule has 0 aliphatic rings. The van der Waals surface area contributed by atoms with Crippen molar-refractivity contribution in [2.24, 2.45) is 5.73 Å². The van der Waals surface area contributed by atoms with Crippen LogP contribution in [0.25, 0.3) is 0 Å². The molecule has 2 rings (SSSR count). The van der Waals surface area contributed by atoms with Gasteiger partial charge in [-0.3, -0.25) is 4.79 Å². The minimum absolute atomic E-state index is 0.181. The fourth-order valence-corrected chi connectivity index (χ4v) is 2.29. The Hall–Kier alpha value is -2.40. The summed E-state index contributed by atoms with van der Waals surface area (Å²) in [6, 6.07) is 11.4. The topological polar surface area (TPSA) is 73.6 Å². The normalized spacial score (nSPS) is 10.3. The van der Waals surface area contributed by atoms with E-state index in [0.717, 1.165) is 21.8 Å². The second-order valence-electron chi connectivity index (χ2n) is 5.29. The second kappa shape index (κ2) is 8.45. The first-order valence-electron chi connectivity index (χ1n) is 7.66. The lowest BCUT2D eigenvalue weighted by molar-refractivity contribution is -0.119. The van der Waals surface area contributed by atoms with Gasteiger partial charge in [-0.2, -0.15) is 0 Å². The van der Waals surface area contributed by atoms with Crippen molar-refractivity contribution in [3.63, 3.8) is 0 Å². The fourth-order valence-electron chi connectivity index (χ4n) is 2.11. The maximum Gasteiger partial charge on any atom is 0.255 e. The molecule has 2 aromatic rings. The highest BCUT2D eigenvalue weighted by atomic mass is 35.5. The molecule has 3 N–H and O–H groups in total. The number of amides is 1. The zero-order valence-electron chi connectivity index (χ0n) is 13.8. The molecule has 0 radical (unpaired) electrons. The van der Waals surface area contributed by atoms with Gasteiger partial charge in [0.05, 0.1) is 6.61 Å². The molecule has 0 spiro atoms. The van der Waals surface area contributed by atoms with E-state index in [1.54, 1.807) is 6.07 Å². The van der Waals surface area contributed by atoms with Gasteiger partial charge < -0.3 is 20.5 Å². The van der Waals surface area contributed by atoms with Crippen molar-refractivity contribution >= 4 is 23.2 Å². The standard InChI is InChI=1S/C18H21ClN2O3/c1-3-23-17-8-13(5-7-16(17)24-11-18(20)22)10-21-14-6-4-12(2)15(19)9-14/h4-9,21H,3,10-11H2,1-2H3,(H2,20,22). The number of hydrogen-bond donors (Lipinski definition) is 2. The molecular weight excluding hydrogens is 328 g/mol. The van der Waals surface area contributed by atoms with Crippen molar-refractivity contribution in [3.8, 4) is 11.5 Å². The van der Waals surface area contributed by atoms with Crippen LogP contribution in [0.15, 0.2) is 36.4 Å².